The van der Waals surface area contributed by atoms with Gasteiger partial charge in [-0.3, -0.25) is 4.39 Å². The molecule has 4 heteroatoms. The first-order valence-electron chi connectivity index (χ1n) is 3.84. The van der Waals surface area contributed by atoms with E-state index in [0.29, 0.717) is 18.8 Å². The zero-order valence-electron chi connectivity index (χ0n) is 6.76. The smallest absolute Gasteiger partial charge is 0.123 e. The first-order chi connectivity index (χ1) is 5.83. The Morgan fingerprint density at radius 2 is 2.33 bits per heavy atom. The van der Waals surface area contributed by atoms with Gasteiger partial charge in [0.2, 0.25) is 0 Å². The van der Waals surface area contributed by atoms with E-state index in [1.54, 1.807) is 12.3 Å². The van der Waals surface area contributed by atoms with Crippen molar-refractivity contribution in [3.05, 3.63) is 18.3 Å². The summed E-state index contributed by atoms with van der Waals surface area (Å²) in [5.41, 5.74) is 6.26. The van der Waals surface area contributed by atoms with Gasteiger partial charge in [0.15, 0.2) is 0 Å². The van der Waals surface area contributed by atoms with Crippen LogP contribution < -0.4 is 11.1 Å². The van der Waals surface area contributed by atoms with Gasteiger partial charge in [0.25, 0.3) is 0 Å². The van der Waals surface area contributed by atoms with Gasteiger partial charge in [0, 0.05) is 6.54 Å². The number of anilines is 2. The van der Waals surface area contributed by atoms with Crippen LogP contribution in [0.2, 0.25) is 0 Å². The maximum absolute atomic E-state index is 11.7. The molecule has 3 N–H and O–H groups in total. The molecule has 0 bridgehead atoms. The second-order valence-corrected chi connectivity index (χ2v) is 2.44. The highest BCUT2D eigenvalue weighted by Crippen LogP contribution is 2.06. The van der Waals surface area contributed by atoms with E-state index in [1.165, 1.54) is 0 Å². The molecule has 1 aromatic heterocycles. The zero-order chi connectivity index (χ0) is 8.81. The third-order valence-corrected chi connectivity index (χ3v) is 1.43. The van der Waals surface area contributed by atoms with Gasteiger partial charge in [-0.25, -0.2) is 4.98 Å². The topological polar surface area (TPSA) is 50.9 Å². The molecule has 12 heavy (non-hydrogen) atoms. The number of alkyl halides is 1. The second kappa shape index (κ2) is 4.54. The van der Waals surface area contributed by atoms with Crippen molar-refractivity contribution in [1.82, 2.24) is 4.98 Å². The number of aromatic nitrogens is 1. The van der Waals surface area contributed by atoms with Crippen molar-refractivity contribution in [2.45, 2.75) is 6.42 Å². The van der Waals surface area contributed by atoms with Crippen molar-refractivity contribution in [3.63, 3.8) is 0 Å². The van der Waals surface area contributed by atoms with Crippen molar-refractivity contribution in [2.75, 3.05) is 24.3 Å². The van der Waals surface area contributed by atoms with Crippen molar-refractivity contribution in [2.24, 2.45) is 0 Å². The van der Waals surface area contributed by atoms with E-state index in [1.807, 2.05) is 6.07 Å². The SMILES string of the molecule is Nc1ccc(NCCCF)cn1. The van der Waals surface area contributed by atoms with Crippen LogP contribution in [0.1, 0.15) is 6.42 Å². The lowest BCUT2D eigenvalue weighted by molar-refractivity contribution is 0.481. The average Bonchev–Trinajstić information content (AvgIpc) is 2.09. The maximum atomic E-state index is 11.7. The molecule has 0 aliphatic rings. The summed E-state index contributed by atoms with van der Waals surface area (Å²) in [6.45, 7) is 0.331. The van der Waals surface area contributed by atoms with Crippen LogP contribution >= 0.6 is 0 Å². The lowest BCUT2D eigenvalue weighted by atomic mass is 10.4. The fourth-order valence-electron chi connectivity index (χ4n) is 0.809. The van der Waals surface area contributed by atoms with E-state index in [9.17, 15) is 4.39 Å². The Hall–Kier alpha value is -1.32. The normalized spacial score (nSPS) is 9.75. The molecule has 0 atom stereocenters. The van der Waals surface area contributed by atoms with E-state index in [-0.39, 0.29) is 6.67 Å². The van der Waals surface area contributed by atoms with E-state index < -0.39 is 0 Å². The summed E-state index contributed by atoms with van der Waals surface area (Å²) in [5, 5.41) is 3.01. The minimum absolute atomic E-state index is 0.296. The molecule has 1 aromatic rings. The van der Waals surface area contributed by atoms with Crippen molar-refractivity contribution >= 4 is 11.5 Å². The summed E-state index contributed by atoms with van der Waals surface area (Å²) in [4.78, 5) is 3.88. The highest BCUT2D eigenvalue weighted by molar-refractivity contribution is 5.45. The van der Waals surface area contributed by atoms with Crippen LogP contribution in [-0.2, 0) is 0 Å². The molecule has 0 aliphatic carbocycles. The van der Waals surface area contributed by atoms with E-state index in [4.69, 9.17) is 5.73 Å². The third-order valence-electron chi connectivity index (χ3n) is 1.43. The largest absolute Gasteiger partial charge is 0.384 e. The molecule has 0 saturated heterocycles. The molecule has 0 fully saturated rings. The third kappa shape index (κ3) is 2.74. The quantitative estimate of drug-likeness (QED) is 0.670. The molecule has 0 spiro atoms. The summed E-state index contributed by atoms with van der Waals surface area (Å²) in [5.74, 6) is 0.492. The van der Waals surface area contributed by atoms with Gasteiger partial charge in [-0.05, 0) is 18.6 Å². The number of nitrogens with zero attached hydrogens (tertiary/aromatic N) is 1. The molecule has 0 aromatic carbocycles. The number of nitrogens with two attached hydrogens (primary N) is 1. The predicted molar refractivity (Wildman–Crippen MR) is 47.7 cm³/mol. The van der Waals surface area contributed by atoms with Gasteiger partial charge < -0.3 is 11.1 Å². The van der Waals surface area contributed by atoms with Crippen LogP contribution in [0.3, 0.4) is 0 Å². The number of halogens is 1. The molecule has 0 unspecified atom stereocenters. The summed E-state index contributed by atoms with van der Waals surface area (Å²) in [7, 11) is 0. The maximum Gasteiger partial charge on any atom is 0.123 e. The molecule has 0 radical (unpaired) electrons. The molecule has 0 aliphatic heterocycles. The van der Waals surface area contributed by atoms with Gasteiger partial charge in [-0.1, -0.05) is 0 Å². The predicted octanol–water partition coefficient (Wildman–Crippen LogP) is 1.44. The first-order valence-corrected chi connectivity index (χ1v) is 3.84. The Kier molecular flexibility index (Phi) is 3.32. The molecular weight excluding hydrogens is 157 g/mol. The number of hydrogen-bond acceptors (Lipinski definition) is 3. The summed E-state index contributed by atoms with van der Waals surface area (Å²) < 4.78 is 11.7. The van der Waals surface area contributed by atoms with E-state index in [2.05, 4.69) is 10.3 Å². The van der Waals surface area contributed by atoms with Gasteiger partial charge in [-0.15, -0.1) is 0 Å². The number of hydrogen-bond donors (Lipinski definition) is 2. The minimum atomic E-state index is -0.296. The summed E-state index contributed by atoms with van der Waals surface area (Å²) >= 11 is 0. The second-order valence-electron chi connectivity index (χ2n) is 2.44. The van der Waals surface area contributed by atoms with Crippen molar-refractivity contribution in [3.8, 4) is 0 Å². The van der Waals surface area contributed by atoms with E-state index in [0.717, 1.165) is 5.69 Å². The highest BCUT2D eigenvalue weighted by Gasteiger charge is 1.91. The van der Waals surface area contributed by atoms with Gasteiger partial charge in [-0.2, -0.15) is 0 Å². The van der Waals surface area contributed by atoms with Crippen LogP contribution in [0, 0.1) is 0 Å². The lowest BCUT2D eigenvalue weighted by Crippen LogP contribution is -2.02. The molecule has 1 rings (SSSR count). The molecule has 0 amide bonds. The number of rotatable bonds is 4. The Morgan fingerprint density at radius 1 is 1.50 bits per heavy atom. The minimum Gasteiger partial charge on any atom is -0.384 e. The standard InChI is InChI=1S/C8H12FN3/c9-4-1-5-11-7-2-3-8(10)12-6-7/h2-3,6,11H,1,4-5H2,(H2,10,12). The average molecular weight is 169 g/mol. The molecule has 66 valence electrons. The van der Waals surface area contributed by atoms with E-state index >= 15 is 0 Å². The van der Waals surface area contributed by atoms with Crippen LogP contribution in [0.4, 0.5) is 15.9 Å². The zero-order valence-corrected chi connectivity index (χ0v) is 6.76. The fourth-order valence-corrected chi connectivity index (χ4v) is 0.809. The van der Waals surface area contributed by atoms with Crippen LogP contribution in [0.15, 0.2) is 18.3 Å². The monoisotopic (exact) mass is 169 g/mol. The van der Waals surface area contributed by atoms with Gasteiger partial charge >= 0.3 is 0 Å². The summed E-state index contributed by atoms with van der Waals surface area (Å²) in [6.07, 6.45) is 2.15. The molecule has 3 nitrogen and oxygen atoms in total. The first kappa shape index (κ1) is 8.77. The number of nitrogens with one attached hydrogen (secondary N) is 1. The Labute approximate surface area is 70.8 Å². The van der Waals surface area contributed by atoms with Crippen molar-refractivity contribution < 1.29 is 4.39 Å². The van der Waals surface area contributed by atoms with Crippen LogP contribution in [0.25, 0.3) is 0 Å². The molecular formula is C8H12FN3. The van der Waals surface area contributed by atoms with Gasteiger partial charge in [0.1, 0.15) is 5.82 Å². The number of pyridine rings is 1. The highest BCUT2D eigenvalue weighted by atomic mass is 19.1. The lowest BCUT2D eigenvalue weighted by Gasteiger charge is -2.03. The fraction of sp³-hybridized carbons (Fsp3) is 0.375. The molecule has 1 heterocycles. The summed E-state index contributed by atoms with van der Waals surface area (Å²) in [6, 6.07) is 3.53. The van der Waals surface area contributed by atoms with Crippen LogP contribution in [0.5, 0.6) is 0 Å². The Bertz CT molecular complexity index is 222. The van der Waals surface area contributed by atoms with Gasteiger partial charge in [0.05, 0.1) is 18.6 Å². The van der Waals surface area contributed by atoms with Crippen LogP contribution in [-0.4, -0.2) is 18.2 Å². The Morgan fingerprint density at radius 3 is 2.92 bits per heavy atom. The number of nitrogen functional groups attached to an aromatic ring is 1. The Balaban J connectivity index is 2.37. The van der Waals surface area contributed by atoms with Crippen molar-refractivity contribution in [1.29, 1.82) is 0 Å². The molecule has 0 saturated carbocycles.